The van der Waals surface area contributed by atoms with Crippen molar-refractivity contribution >= 4 is 16.8 Å². The fourth-order valence-electron chi connectivity index (χ4n) is 4.66. The molecule has 4 heteroatoms. The van der Waals surface area contributed by atoms with Crippen molar-refractivity contribution in [2.24, 2.45) is 18.9 Å². The average molecular weight is 312 g/mol. The number of rotatable bonds is 3. The number of hydrogen-bond donors (Lipinski definition) is 1. The lowest BCUT2D eigenvalue weighted by Crippen LogP contribution is -2.38. The summed E-state index contributed by atoms with van der Waals surface area (Å²) >= 11 is 0. The molecule has 4 nitrogen and oxygen atoms in total. The molecule has 2 saturated carbocycles. The third kappa shape index (κ3) is 2.41. The first-order valence-electron chi connectivity index (χ1n) is 8.61. The monoisotopic (exact) mass is 312 g/mol. The Morgan fingerprint density at radius 2 is 2.09 bits per heavy atom. The molecule has 1 aromatic heterocycles. The van der Waals surface area contributed by atoms with Crippen LogP contribution in [0.3, 0.4) is 0 Å². The van der Waals surface area contributed by atoms with Gasteiger partial charge >= 0.3 is 0 Å². The zero-order valence-electron chi connectivity index (χ0n) is 13.8. The summed E-state index contributed by atoms with van der Waals surface area (Å²) in [5.74, 6) is 2.42. The van der Waals surface area contributed by atoms with Gasteiger partial charge in [0.2, 0.25) is 0 Å². The highest BCUT2D eigenvalue weighted by Crippen LogP contribution is 2.44. The second kappa shape index (κ2) is 5.59. The summed E-state index contributed by atoms with van der Waals surface area (Å²) in [6.45, 7) is 0. The van der Waals surface area contributed by atoms with Gasteiger partial charge in [-0.25, -0.2) is 0 Å². The molecule has 0 unspecified atom stereocenters. The van der Waals surface area contributed by atoms with Crippen molar-refractivity contribution in [2.75, 3.05) is 7.11 Å². The Hall–Kier alpha value is -1.97. The maximum absolute atomic E-state index is 12.8. The number of ether oxygens (including phenoxy) is 1. The predicted molar refractivity (Wildman–Crippen MR) is 90.8 cm³/mol. The number of nitrogens with zero attached hydrogens (tertiary/aromatic N) is 1. The molecule has 1 amide bonds. The first kappa shape index (κ1) is 14.6. The van der Waals surface area contributed by atoms with Crippen molar-refractivity contribution < 1.29 is 9.53 Å². The van der Waals surface area contributed by atoms with Crippen LogP contribution in [0.1, 0.15) is 42.6 Å². The van der Waals surface area contributed by atoms with Crippen LogP contribution in [0.25, 0.3) is 10.9 Å². The van der Waals surface area contributed by atoms with E-state index in [1.165, 1.54) is 25.7 Å². The number of aromatic nitrogens is 1. The van der Waals surface area contributed by atoms with E-state index in [9.17, 15) is 4.79 Å². The average Bonchev–Trinajstić information content (AvgIpc) is 3.23. The quantitative estimate of drug-likeness (QED) is 0.942. The molecule has 23 heavy (non-hydrogen) atoms. The van der Waals surface area contributed by atoms with Gasteiger partial charge in [-0.05, 0) is 55.4 Å². The minimum Gasteiger partial charge on any atom is -0.497 e. The van der Waals surface area contributed by atoms with E-state index < -0.39 is 0 Å². The van der Waals surface area contributed by atoms with Crippen molar-refractivity contribution in [3.8, 4) is 5.75 Å². The summed E-state index contributed by atoms with van der Waals surface area (Å²) in [7, 11) is 3.62. The second-order valence-corrected chi connectivity index (χ2v) is 7.03. The van der Waals surface area contributed by atoms with E-state index >= 15 is 0 Å². The van der Waals surface area contributed by atoms with Crippen LogP contribution in [-0.2, 0) is 7.05 Å². The van der Waals surface area contributed by atoms with Crippen LogP contribution < -0.4 is 10.1 Å². The number of benzene rings is 1. The first-order chi connectivity index (χ1) is 11.2. The molecule has 0 aliphatic heterocycles. The molecule has 1 heterocycles. The van der Waals surface area contributed by atoms with Crippen LogP contribution in [-0.4, -0.2) is 23.6 Å². The van der Waals surface area contributed by atoms with Gasteiger partial charge < -0.3 is 14.6 Å². The smallest absolute Gasteiger partial charge is 0.268 e. The van der Waals surface area contributed by atoms with Gasteiger partial charge in [-0.2, -0.15) is 0 Å². The molecule has 3 atom stereocenters. The molecule has 122 valence electrons. The van der Waals surface area contributed by atoms with Crippen LogP contribution >= 0.6 is 0 Å². The highest BCUT2D eigenvalue weighted by atomic mass is 16.5. The largest absolute Gasteiger partial charge is 0.497 e. The first-order valence-corrected chi connectivity index (χ1v) is 8.61. The van der Waals surface area contributed by atoms with Crippen LogP contribution in [0.2, 0.25) is 0 Å². The number of hydrogen-bond acceptors (Lipinski definition) is 2. The summed E-state index contributed by atoms with van der Waals surface area (Å²) in [6.07, 6.45) is 6.38. The summed E-state index contributed by atoms with van der Waals surface area (Å²) in [5.41, 5.74) is 1.79. The third-order valence-electron chi connectivity index (χ3n) is 5.88. The summed E-state index contributed by atoms with van der Waals surface area (Å²) in [5, 5.41) is 4.35. The Morgan fingerprint density at radius 3 is 2.91 bits per heavy atom. The Balaban J connectivity index is 1.58. The zero-order chi connectivity index (χ0) is 16.0. The van der Waals surface area contributed by atoms with Gasteiger partial charge in [0.1, 0.15) is 11.4 Å². The van der Waals surface area contributed by atoms with Gasteiger partial charge in [-0.1, -0.05) is 12.8 Å². The van der Waals surface area contributed by atoms with Gasteiger partial charge in [0.15, 0.2) is 0 Å². The summed E-state index contributed by atoms with van der Waals surface area (Å²) in [6, 6.07) is 8.25. The van der Waals surface area contributed by atoms with Crippen LogP contribution in [0.15, 0.2) is 24.3 Å². The van der Waals surface area contributed by atoms with Gasteiger partial charge in [0.05, 0.1) is 7.11 Å². The molecular weight excluding hydrogens is 288 g/mol. The van der Waals surface area contributed by atoms with Gasteiger partial charge in [-0.3, -0.25) is 4.79 Å². The van der Waals surface area contributed by atoms with E-state index in [1.54, 1.807) is 7.11 Å². The van der Waals surface area contributed by atoms with Gasteiger partial charge in [0, 0.05) is 24.0 Å². The predicted octanol–water partition coefficient (Wildman–Crippen LogP) is 3.50. The van der Waals surface area contributed by atoms with Crippen molar-refractivity contribution in [1.29, 1.82) is 0 Å². The van der Waals surface area contributed by atoms with Crippen molar-refractivity contribution in [3.63, 3.8) is 0 Å². The van der Waals surface area contributed by atoms with E-state index in [-0.39, 0.29) is 5.91 Å². The molecule has 1 N–H and O–H groups in total. The van der Waals surface area contributed by atoms with Crippen molar-refractivity contribution in [1.82, 2.24) is 9.88 Å². The van der Waals surface area contributed by atoms with E-state index in [1.807, 2.05) is 35.9 Å². The maximum atomic E-state index is 12.8. The van der Waals surface area contributed by atoms with E-state index in [4.69, 9.17) is 4.74 Å². The lowest BCUT2D eigenvalue weighted by molar-refractivity contribution is 0.0918. The van der Waals surface area contributed by atoms with Crippen LogP contribution in [0.4, 0.5) is 0 Å². The molecule has 0 saturated heterocycles. The molecule has 0 spiro atoms. The SMILES string of the molecule is COc1ccc2c(c1)cc(C(=O)N[C@@H]1CC[C@H]3CCC[C@H]31)n2C. The van der Waals surface area contributed by atoms with Gasteiger partial charge in [-0.15, -0.1) is 0 Å². The van der Waals surface area contributed by atoms with Crippen LogP contribution in [0, 0.1) is 11.8 Å². The van der Waals surface area contributed by atoms with E-state index in [0.717, 1.165) is 34.7 Å². The molecule has 0 radical (unpaired) electrons. The zero-order valence-corrected chi connectivity index (χ0v) is 13.8. The van der Waals surface area contributed by atoms with Gasteiger partial charge in [0.25, 0.3) is 5.91 Å². The molecular formula is C19H24N2O2. The fourth-order valence-corrected chi connectivity index (χ4v) is 4.66. The second-order valence-electron chi connectivity index (χ2n) is 7.03. The molecule has 0 bridgehead atoms. The highest BCUT2D eigenvalue weighted by molar-refractivity contribution is 5.99. The number of nitrogens with one attached hydrogen (secondary N) is 1. The minimum absolute atomic E-state index is 0.0558. The maximum Gasteiger partial charge on any atom is 0.268 e. The Morgan fingerprint density at radius 1 is 1.22 bits per heavy atom. The van der Waals surface area contributed by atoms with Crippen molar-refractivity contribution in [2.45, 2.75) is 38.1 Å². The fraction of sp³-hybridized carbons (Fsp3) is 0.526. The Labute approximate surface area is 136 Å². The molecule has 2 aliphatic rings. The molecule has 2 aliphatic carbocycles. The molecule has 2 fully saturated rings. The summed E-state index contributed by atoms with van der Waals surface area (Å²) < 4.78 is 7.25. The highest BCUT2D eigenvalue weighted by Gasteiger charge is 2.39. The topological polar surface area (TPSA) is 43.3 Å². The van der Waals surface area contributed by atoms with E-state index in [2.05, 4.69) is 5.32 Å². The third-order valence-corrected chi connectivity index (χ3v) is 5.88. The van der Waals surface area contributed by atoms with E-state index in [0.29, 0.717) is 12.0 Å². The molecule has 1 aromatic carbocycles. The number of carbonyl (C=O) groups is 1. The summed E-state index contributed by atoms with van der Waals surface area (Å²) in [4.78, 5) is 12.8. The van der Waals surface area contributed by atoms with Crippen molar-refractivity contribution in [3.05, 3.63) is 30.0 Å². The molecule has 4 rings (SSSR count). The number of fused-ring (bicyclic) bond motifs is 2. The Bertz CT molecular complexity index is 749. The Kier molecular flexibility index (Phi) is 3.55. The molecule has 2 aromatic rings. The number of aryl methyl sites for hydroxylation is 1. The normalized spacial score (nSPS) is 26.4. The number of carbonyl (C=O) groups excluding carboxylic acids is 1. The lowest BCUT2D eigenvalue weighted by Gasteiger charge is -2.20. The standard InChI is InChI=1S/C19H24N2O2/c1-21-17-9-7-14(23-2)10-13(17)11-18(21)19(22)20-16-8-6-12-4-3-5-15(12)16/h7,9-12,15-16H,3-6,8H2,1-2H3,(H,20,22)/t12-,15-,16-/m1/s1. The lowest BCUT2D eigenvalue weighted by atomic mass is 9.97. The number of methoxy groups -OCH3 is 1. The number of amides is 1. The minimum atomic E-state index is 0.0558. The van der Waals surface area contributed by atoms with Crippen LogP contribution in [0.5, 0.6) is 5.75 Å².